The monoisotopic (exact) mass is 223 g/mol. The third-order valence-electron chi connectivity index (χ3n) is 2.63. The van der Waals surface area contributed by atoms with E-state index in [4.69, 9.17) is 4.74 Å². The fourth-order valence-corrected chi connectivity index (χ4v) is 1.77. The molecule has 0 fully saturated rings. The van der Waals surface area contributed by atoms with Crippen molar-refractivity contribution < 1.29 is 9.84 Å². The molecule has 0 atom stereocenters. The van der Waals surface area contributed by atoms with Gasteiger partial charge in [-0.3, -0.25) is 0 Å². The number of aliphatic hydroxyl groups excluding tert-OH is 1. The number of hydrogen-bond donors (Lipinski definition) is 1. The largest absolute Gasteiger partial charge is 0.392 e. The van der Waals surface area contributed by atoms with E-state index in [1.54, 1.807) is 7.11 Å². The Morgan fingerprint density at radius 3 is 2.56 bits per heavy atom. The maximum atomic E-state index is 9.32. The summed E-state index contributed by atoms with van der Waals surface area (Å²) >= 11 is 0. The van der Waals surface area contributed by atoms with E-state index in [1.165, 1.54) is 0 Å². The predicted molar refractivity (Wildman–Crippen MR) is 66.7 cm³/mol. The standard InChI is InChI=1S/C13H21NO2/c1-11(2)14(8-9-16-3)13-7-5-4-6-12(13)10-15/h4-7,11,15H,8-10H2,1-3H3. The van der Waals surface area contributed by atoms with E-state index in [1.807, 2.05) is 24.3 Å². The van der Waals surface area contributed by atoms with E-state index in [-0.39, 0.29) is 6.61 Å². The molecule has 0 aromatic heterocycles. The van der Waals surface area contributed by atoms with Gasteiger partial charge in [0.2, 0.25) is 0 Å². The highest BCUT2D eigenvalue weighted by Crippen LogP contribution is 2.22. The summed E-state index contributed by atoms with van der Waals surface area (Å²) in [6.07, 6.45) is 0. The van der Waals surface area contributed by atoms with Crippen molar-refractivity contribution in [2.24, 2.45) is 0 Å². The maximum Gasteiger partial charge on any atom is 0.0702 e. The number of aliphatic hydroxyl groups is 1. The summed E-state index contributed by atoms with van der Waals surface area (Å²) in [6.45, 7) is 5.89. The van der Waals surface area contributed by atoms with Gasteiger partial charge in [0.05, 0.1) is 13.2 Å². The van der Waals surface area contributed by atoms with Gasteiger partial charge in [-0.2, -0.15) is 0 Å². The number of benzene rings is 1. The average Bonchev–Trinajstić information content (AvgIpc) is 2.29. The molecule has 3 heteroatoms. The Morgan fingerprint density at radius 2 is 2.00 bits per heavy atom. The second-order valence-electron chi connectivity index (χ2n) is 4.07. The Hall–Kier alpha value is -1.06. The van der Waals surface area contributed by atoms with Crippen molar-refractivity contribution in [3.05, 3.63) is 29.8 Å². The van der Waals surface area contributed by atoms with Crippen molar-refractivity contribution in [3.63, 3.8) is 0 Å². The molecular weight excluding hydrogens is 202 g/mol. The van der Waals surface area contributed by atoms with Gasteiger partial charge in [0, 0.05) is 30.9 Å². The Kier molecular flexibility index (Phi) is 5.29. The van der Waals surface area contributed by atoms with Crippen LogP contribution in [0.5, 0.6) is 0 Å². The van der Waals surface area contributed by atoms with Crippen LogP contribution < -0.4 is 4.90 Å². The molecule has 0 radical (unpaired) electrons. The minimum absolute atomic E-state index is 0.0758. The Labute approximate surface area is 97.7 Å². The number of nitrogens with zero attached hydrogens (tertiary/aromatic N) is 1. The minimum atomic E-state index is 0.0758. The molecule has 0 aliphatic heterocycles. The lowest BCUT2D eigenvalue weighted by molar-refractivity contribution is 0.203. The van der Waals surface area contributed by atoms with E-state index in [2.05, 4.69) is 18.7 Å². The van der Waals surface area contributed by atoms with E-state index < -0.39 is 0 Å². The fourth-order valence-electron chi connectivity index (χ4n) is 1.77. The van der Waals surface area contributed by atoms with E-state index in [9.17, 15) is 5.11 Å². The lowest BCUT2D eigenvalue weighted by Crippen LogP contribution is -2.34. The number of hydrogen-bond acceptors (Lipinski definition) is 3. The summed E-state index contributed by atoms with van der Waals surface area (Å²) in [5, 5.41) is 9.32. The molecular formula is C13H21NO2. The number of anilines is 1. The third kappa shape index (κ3) is 3.22. The number of ether oxygens (including phenoxy) is 1. The van der Waals surface area contributed by atoms with E-state index >= 15 is 0 Å². The highest BCUT2D eigenvalue weighted by Gasteiger charge is 2.13. The quantitative estimate of drug-likeness (QED) is 0.801. The van der Waals surface area contributed by atoms with Crippen LogP contribution in [0, 0.1) is 0 Å². The maximum absolute atomic E-state index is 9.32. The predicted octanol–water partition coefficient (Wildman–Crippen LogP) is 2.04. The summed E-state index contributed by atoms with van der Waals surface area (Å²) in [4.78, 5) is 2.25. The molecule has 1 aromatic rings. The molecule has 0 heterocycles. The van der Waals surface area contributed by atoms with Gasteiger partial charge in [0.25, 0.3) is 0 Å². The smallest absolute Gasteiger partial charge is 0.0702 e. The SMILES string of the molecule is COCCN(c1ccccc1CO)C(C)C. The zero-order chi connectivity index (χ0) is 12.0. The van der Waals surface area contributed by atoms with Crippen molar-refractivity contribution in [1.29, 1.82) is 0 Å². The average molecular weight is 223 g/mol. The van der Waals surface area contributed by atoms with E-state index in [0.717, 1.165) is 17.8 Å². The normalized spacial score (nSPS) is 10.8. The number of rotatable bonds is 6. The minimum Gasteiger partial charge on any atom is -0.392 e. The van der Waals surface area contributed by atoms with Crippen molar-refractivity contribution in [1.82, 2.24) is 0 Å². The Balaban J connectivity index is 2.91. The first-order valence-electron chi connectivity index (χ1n) is 5.65. The van der Waals surface area contributed by atoms with Gasteiger partial charge in [-0.25, -0.2) is 0 Å². The fraction of sp³-hybridized carbons (Fsp3) is 0.538. The summed E-state index contributed by atoms with van der Waals surface area (Å²) in [6, 6.07) is 8.34. The topological polar surface area (TPSA) is 32.7 Å². The molecule has 1 N–H and O–H groups in total. The molecule has 0 amide bonds. The summed E-state index contributed by atoms with van der Waals surface area (Å²) in [7, 11) is 1.70. The van der Waals surface area contributed by atoms with Crippen LogP contribution in [0.25, 0.3) is 0 Å². The molecule has 3 nitrogen and oxygen atoms in total. The summed E-state index contributed by atoms with van der Waals surface area (Å²) in [5.41, 5.74) is 2.06. The van der Waals surface area contributed by atoms with Crippen molar-refractivity contribution in [2.45, 2.75) is 26.5 Å². The molecule has 0 saturated carbocycles. The van der Waals surface area contributed by atoms with Gasteiger partial charge in [-0.05, 0) is 19.9 Å². The van der Waals surface area contributed by atoms with Gasteiger partial charge in [0.15, 0.2) is 0 Å². The zero-order valence-corrected chi connectivity index (χ0v) is 10.3. The molecule has 1 rings (SSSR count). The Morgan fingerprint density at radius 1 is 1.31 bits per heavy atom. The lowest BCUT2D eigenvalue weighted by Gasteiger charge is -2.30. The first kappa shape index (κ1) is 13.0. The second kappa shape index (κ2) is 6.51. The summed E-state index contributed by atoms with van der Waals surface area (Å²) < 4.78 is 5.11. The molecule has 0 unspecified atom stereocenters. The first-order chi connectivity index (χ1) is 7.70. The first-order valence-corrected chi connectivity index (χ1v) is 5.65. The second-order valence-corrected chi connectivity index (χ2v) is 4.07. The van der Waals surface area contributed by atoms with Gasteiger partial charge < -0.3 is 14.7 Å². The van der Waals surface area contributed by atoms with Crippen LogP contribution in [-0.2, 0) is 11.3 Å². The Bertz CT molecular complexity index is 313. The molecule has 16 heavy (non-hydrogen) atoms. The molecule has 1 aromatic carbocycles. The highest BCUT2D eigenvalue weighted by molar-refractivity contribution is 5.54. The van der Waals surface area contributed by atoms with Crippen LogP contribution in [0.15, 0.2) is 24.3 Å². The van der Waals surface area contributed by atoms with Crippen LogP contribution >= 0.6 is 0 Å². The van der Waals surface area contributed by atoms with Crippen molar-refractivity contribution in [3.8, 4) is 0 Å². The lowest BCUT2D eigenvalue weighted by atomic mass is 10.1. The number of methoxy groups -OCH3 is 1. The van der Waals surface area contributed by atoms with Gasteiger partial charge in [0.1, 0.15) is 0 Å². The molecule has 90 valence electrons. The molecule has 0 saturated heterocycles. The van der Waals surface area contributed by atoms with Crippen LogP contribution in [0.1, 0.15) is 19.4 Å². The van der Waals surface area contributed by atoms with Crippen molar-refractivity contribution >= 4 is 5.69 Å². The third-order valence-corrected chi connectivity index (χ3v) is 2.63. The molecule has 0 spiro atoms. The number of para-hydroxylation sites is 1. The van der Waals surface area contributed by atoms with Gasteiger partial charge >= 0.3 is 0 Å². The van der Waals surface area contributed by atoms with Crippen LogP contribution in [0.3, 0.4) is 0 Å². The molecule has 0 aliphatic rings. The van der Waals surface area contributed by atoms with Crippen LogP contribution in [0.4, 0.5) is 5.69 Å². The molecule has 0 aliphatic carbocycles. The van der Waals surface area contributed by atoms with Crippen LogP contribution in [-0.4, -0.2) is 31.4 Å². The van der Waals surface area contributed by atoms with Gasteiger partial charge in [-0.15, -0.1) is 0 Å². The van der Waals surface area contributed by atoms with Crippen molar-refractivity contribution in [2.75, 3.05) is 25.2 Å². The van der Waals surface area contributed by atoms with Crippen LogP contribution in [0.2, 0.25) is 0 Å². The summed E-state index contributed by atoms with van der Waals surface area (Å²) in [5.74, 6) is 0. The van der Waals surface area contributed by atoms with E-state index in [0.29, 0.717) is 12.6 Å². The molecule has 0 bridgehead atoms. The highest BCUT2D eigenvalue weighted by atomic mass is 16.5. The zero-order valence-electron chi connectivity index (χ0n) is 10.3. The van der Waals surface area contributed by atoms with Gasteiger partial charge in [-0.1, -0.05) is 18.2 Å².